The Hall–Kier alpha value is -2.12. The highest BCUT2D eigenvalue weighted by Gasteiger charge is 2.65. The molecule has 4 fully saturated rings. The van der Waals surface area contributed by atoms with Gasteiger partial charge in [-0.3, -0.25) is 19.2 Å². The van der Waals surface area contributed by atoms with Gasteiger partial charge in [-0.05, 0) is 75.0 Å². The second-order valence-corrected chi connectivity index (χ2v) is 9.96. The van der Waals surface area contributed by atoms with Gasteiger partial charge in [0.2, 0.25) is 11.8 Å². The van der Waals surface area contributed by atoms with E-state index in [1.165, 1.54) is 0 Å². The lowest BCUT2D eigenvalue weighted by Gasteiger charge is -2.41. The van der Waals surface area contributed by atoms with Crippen molar-refractivity contribution in [1.82, 2.24) is 5.32 Å². The Kier molecular flexibility index (Phi) is 4.86. The standard InChI is InChI=1S/C21H30N2O6/c1-7(2)23-19(25)14-8-3-11(13(5-8)17(14)21(28)29)10-4-9-6-12(10)16(18(22)24)15(9)20(26)27/h7-17H,3-6H2,1-2H3,(H2,22,24)(H,23,25)(H,26,27)(H,28,29). The summed E-state index contributed by atoms with van der Waals surface area (Å²) < 4.78 is 0. The number of hydrogen-bond acceptors (Lipinski definition) is 4. The summed E-state index contributed by atoms with van der Waals surface area (Å²) >= 11 is 0. The molecular weight excluding hydrogens is 376 g/mol. The number of hydrogen-bond donors (Lipinski definition) is 4. The lowest BCUT2D eigenvalue weighted by atomic mass is 9.62. The SMILES string of the molecule is CC(C)NC(=O)C1C2CC(C3CC4CC3C(C(N)=O)C4C(=O)O)C(C2)C1C(=O)O. The molecule has 4 aliphatic rings. The first kappa shape index (κ1) is 20.2. The molecule has 160 valence electrons. The van der Waals surface area contributed by atoms with E-state index in [2.05, 4.69) is 5.32 Å². The summed E-state index contributed by atoms with van der Waals surface area (Å²) in [4.78, 5) is 48.5. The number of carbonyl (C=O) groups is 4. The van der Waals surface area contributed by atoms with E-state index in [1.807, 2.05) is 13.8 Å². The molecule has 10 unspecified atom stereocenters. The van der Waals surface area contributed by atoms with Crippen molar-refractivity contribution >= 4 is 23.8 Å². The summed E-state index contributed by atoms with van der Waals surface area (Å²) in [6.45, 7) is 3.73. The van der Waals surface area contributed by atoms with Crippen LogP contribution in [0, 0.1) is 59.2 Å². The minimum absolute atomic E-state index is 0.0336. The Bertz CT molecular complexity index is 751. The molecule has 4 bridgehead atoms. The van der Waals surface area contributed by atoms with Crippen molar-refractivity contribution in [3.05, 3.63) is 0 Å². The van der Waals surface area contributed by atoms with Gasteiger partial charge in [-0.2, -0.15) is 0 Å². The van der Waals surface area contributed by atoms with E-state index in [0.29, 0.717) is 12.8 Å². The predicted octanol–water partition coefficient (Wildman–Crippen LogP) is 0.942. The number of amides is 2. The highest BCUT2D eigenvalue weighted by atomic mass is 16.4. The number of aliphatic carboxylic acids is 2. The number of carboxylic acids is 2. The second kappa shape index (κ2) is 6.99. The highest BCUT2D eigenvalue weighted by molar-refractivity contribution is 5.87. The minimum atomic E-state index is -0.957. The molecule has 0 aliphatic heterocycles. The average Bonchev–Trinajstić information content (AvgIpc) is 3.36. The smallest absolute Gasteiger partial charge is 0.307 e. The first-order valence-corrected chi connectivity index (χ1v) is 10.7. The molecule has 0 saturated heterocycles. The minimum Gasteiger partial charge on any atom is -0.481 e. The molecule has 4 rings (SSSR count). The van der Waals surface area contributed by atoms with Crippen molar-refractivity contribution in [2.45, 2.75) is 45.6 Å². The summed E-state index contributed by atoms with van der Waals surface area (Å²) in [5.74, 6) is -5.18. The van der Waals surface area contributed by atoms with Crippen LogP contribution >= 0.6 is 0 Å². The molecule has 0 spiro atoms. The van der Waals surface area contributed by atoms with Crippen LogP contribution in [0.25, 0.3) is 0 Å². The van der Waals surface area contributed by atoms with E-state index in [1.54, 1.807) is 0 Å². The van der Waals surface area contributed by atoms with E-state index < -0.39 is 41.5 Å². The molecule has 29 heavy (non-hydrogen) atoms. The van der Waals surface area contributed by atoms with E-state index in [4.69, 9.17) is 5.73 Å². The van der Waals surface area contributed by atoms with Gasteiger partial charge in [-0.1, -0.05) is 0 Å². The normalized spacial score (nSPS) is 44.9. The number of nitrogens with two attached hydrogens (primary N) is 1. The van der Waals surface area contributed by atoms with Crippen molar-refractivity contribution in [3.63, 3.8) is 0 Å². The van der Waals surface area contributed by atoms with Gasteiger partial charge in [0.05, 0.1) is 23.7 Å². The molecule has 8 heteroatoms. The third-order valence-electron chi connectivity index (χ3n) is 8.29. The number of primary amides is 1. The zero-order valence-electron chi connectivity index (χ0n) is 16.8. The quantitative estimate of drug-likeness (QED) is 0.516. The van der Waals surface area contributed by atoms with Gasteiger partial charge in [-0.15, -0.1) is 0 Å². The fourth-order valence-electron chi connectivity index (χ4n) is 7.64. The van der Waals surface area contributed by atoms with Crippen LogP contribution in [0.5, 0.6) is 0 Å². The molecule has 2 amide bonds. The zero-order chi connectivity index (χ0) is 21.2. The molecule has 4 aliphatic carbocycles. The van der Waals surface area contributed by atoms with Crippen molar-refractivity contribution < 1.29 is 29.4 Å². The van der Waals surface area contributed by atoms with Gasteiger partial charge in [0.1, 0.15) is 0 Å². The topological polar surface area (TPSA) is 147 Å². The van der Waals surface area contributed by atoms with Crippen molar-refractivity contribution in [2.24, 2.45) is 64.9 Å². The van der Waals surface area contributed by atoms with Crippen LogP contribution < -0.4 is 11.1 Å². The van der Waals surface area contributed by atoms with Crippen LogP contribution in [0.2, 0.25) is 0 Å². The Balaban J connectivity index is 1.56. The maximum Gasteiger partial charge on any atom is 0.307 e. The number of nitrogens with one attached hydrogen (secondary N) is 1. The van der Waals surface area contributed by atoms with Gasteiger partial charge in [0.15, 0.2) is 0 Å². The summed E-state index contributed by atoms with van der Waals surface area (Å²) in [5.41, 5.74) is 5.58. The monoisotopic (exact) mass is 406 g/mol. The molecular formula is C21H30N2O6. The fourth-order valence-corrected chi connectivity index (χ4v) is 7.64. The largest absolute Gasteiger partial charge is 0.481 e. The summed E-state index contributed by atoms with van der Waals surface area (Å²) in [6, 6.07) is -0.0401. The number of carboxylic acid groups (broad SMARTS) is 2. The maximum absolute atomic E-state index is 12.7. The van der Waals surface area contributed by atoms with E-state index in [0.717, 1.165) is 12.8 Å². The molecule has 5 N–H and O–H groups in total. The van der Waals surface area contributed by atoms with Crippen molar-refractivity contribution in [2.75, 3.05) is 0 Å². The zero-order valence-corrected chi connectivity index (χ0v) is 16.8. The first-order chi connectivity index (χ1) is 13.6. The van der Waals surface area contributed by atoms with Crippen molar-refractivity contribution in [1.29, 1.82) is 0 Å². The molecule has 4 saturated carbocycles. The number of carbonyl (C=O) groups excluding carboxylic acids is 2. The van der Waals surface area contributed by atoms with Crippen molar-refractivity contribution in [3.8, 4) is 0 Å². The first-order valence-electron chi connectivity index (χ1n) is 10.7. The summed E-state index contributed by atoms with van der Waals surface area (Å²) in [7, 11) is 0. The highest BCUT2D eigenvalue weighted by Crippen LogP contribution is 2.65. The number of fused-ring (bicyclic) bond motifs is 4. The third kappa shape index (κ3) is 3.02. The van der Waals surface area contributed by atoms with Gasteiger partial charge in [0.25, 0.3) is 0 Å². The van der Waals surface area contributed by atoms with Crippen LogP contribution in [0.3, 0.4) is 0 Å². The number of rotatable bonds is 6. The van der Waals surface area contributed by atoms with Gasteiger partial charge < -0.3 is 21.3 Å². The van der Waals surface area contributed by atoms with Crippen LogP contribution in [-0.4, -0.2) is 40.0 Å². The Morgan fingerprint density at radius 3 is 1.66 bits per heavy atom. The lowest BCUT2D eigenvalue weighted by molar-refractivity contribution is -0.153. The molecule has 0 aromatic rings. The fraction of sp³-hybridized carbons (Fsp3) is 0.810. The van der Waals surface area contributed by atoms with Crippen LogP contribution in [0.15, 0.2) is 0 Å². The molecule has 8 nitrogen and oxygen atoms in total. The van der Waals surface area contributed by atoms with E-state index >= 15 is 0 Å². The molecule has 0 radical (unpaired) electrons. The van der Waals surface area contributed by atoms with Crippen LogP contribution in [0.4, 0.5) is 0 Å². The molecule has 0 aromatic heterocycles. The van der Waals surface area contributed by atoms with Gasteiger partial charge in [-0.25, -0.2) is 0 Å². The van der Waals surface area contributed by atoms with Gasteiger partial charge >= 0.3 is 11.9 Å². The lowest BCUT2D eigenvalue weighted by Crippen LogP contribution is -2.48. The predicted molar refractivity (Wildman–Crippen MR) is 101 cm³/mol. The molecule has 0 aromatic carbocycles. The molecule has 10 atom stereocenters. The maximum atomic E-state index is 12.7. The van der Waals surface area contributed by atoms with Crippen LogP contribution in [-0.2, 0) is 19.2 Å². The van der Waals surface area contributed by atoms with Crippen LogP contribution in [0.1, 0.15) is 39.5 Å². The second-order valence-electron chi connectivity index (χ2n) is 9.96. The Morgan fingerprint density at radius 2 is 1.21 bits per heavy atom. The van der Waals surface area contributed by atoms with E-state index in [-0.39, 0.29) is 47.5 Å². The molecule has 0 heterocycles. The summed E-state index contributed by atoms with van der Waals surface area (Å²) in [6.07, 6.45) is 2.89. The Morgan fingerprint density at radius 1 is 0.759 bits per heavy atom. The van der Waals surface area contributed by atoms with E-state index in [9.17, 15) is 29.4 Å². The van der Waals surface area contributed by atoms with Gasteiger partial charge in [0, 0.05) is 6.04 Å². The third-order valence-corrected chi connectivity index (χ3v) is 8.29. The summed E-state index contributed by atoms with van der Waals surface area (Å²) in [5, 5.41) is 22.3. The average molecular weight is 406 g/mol. The Labute approximate surface area is 169 Å².